The van der Waals surface area contributed by atoms with Crippen molar-refractivity contribution in [1.82, 2.24) is 0 Å². The van der Waals surface area contributed by atoms with Gasteiger partial charge >= 0.3 is 0 Å². The molecule has 0 saturated heterocycles. The van der Waals surface area contributed by atoms with E-state index in [1.165, 1.54) is 0 Å². The largest absolute Gasteiger partial charge is 0.494 e. The topological polar surface area (TPSA) is 30.5 Å². The Labute approximate surface area is 85.0 Å². The van der Waals surface area contributed by atoms with Gasteiger partial charge in [0.25, 0.3) is 0 Å². The van der Waals surface area contributed by atoms with E-state index in [0.29, 0.717) is 6.61 Å². The standard InChI is InChI=1S/C11H17NO2/c1-5-14-10-7-8(2)6-9(13-4)11(10)12-3/h6-7,12H,5H2,1-4H3. The van der Waals surface area contributed by atoms with Crippen molar-refractivity contribution < 1.29 is 9.47 Å². The lowest BCUT2D eigenvalue weighted by Gasteiger charge is -2.14. The zero-order valence-corrected chi connectivity index (χ0v) is 9.18. The lowest BCUT2D eigenvalue weighted by Crippen LogP contribution is -2.00. The van der Waals surface area contributed by atoms with Crippen molar-refractivity contribution in [3.05, 3.63) is 17.7 Å². The number of hydrogen-bond acceptors (Lipinski definition) is 3. The smallest absolute Gasteiger partial charge is 0.146 e. The van der Waals surface area contributed by atoms with Crippen LogP contribution in [0.4, 0.5) is 5.69 Å². The maximum atomic E-state index is 5.51. The first kappa shape index (κ1) is 10.7. The molecule has 1 rings (SSSR count). The van der Waals surface area contributed by atoms with Crippen LogP contribution in [0.1, 0.15) is 12.5 Å². The van der Waals surface area contributed by atoms with Gasteiger partial charge in [0.15, 0.2) is 0 Å². The Morgan fingerprint density at radius 1 is 1.29 bits per heavy atom. The number of nitrogens with one attached hydrogen (secondary N) is 1. The highest BCUT2D eigenvalue weighted by Crippen LogP contribution is 2.35. The summed E-state index contributed by atoms with van der Waals surface area (Å²) in [6.45, 7) is 4.64. The quantitative estimate of drug-likeness (QED) is 0.800. The van der Waals surface area contributed by atoms with Gasteiger partial charge in [-0.05, 0) is 31.5 Å². The lowest BCUT2D eigenvalue weighted by atomic mass is 10.2. The fraction of sp³-hybridized carbons (Fsp3) is 0.455. The Morgan fingerprint density at radius 2 is 1.93 bits per heavy atom. The highest BCUT2D eigenvalue weighted by Gasteiger charge is 2.09. The molecule has 1 N–H and O–H groups in total. The summed E-state index contributed by atoms with van der Waals surface area (Å²) in [5.74, 6) is 1.66. The van der Waals surface area contributed by atoms with E-state index in [1.807, 2.05) is 33.0 Å². The van der Waals surface area contributed by atoms with E-state index < -0.39 is 0 Å². The minimum absolute atomic E-state index is 0.654. The first-order chi connectivity index (χ1) is 6.72. The second-order valence-electron chi connectivity index (χ2n) is 3.02. The average molecular weight is 195 g/mol. The molecule has 1 aromatic carbocycles. The lowest BCUT2D eigenvalue weighted by molar-refractivity contribution is 0.338. The maximum Gasteiger partial charge on any atom is 0.146 e. The van der Waals surface area contributed by atoms with Crippen LogP contribution in [0.15, 0.2) is 12.1 Å². The van der Waals surface area contributed by atoms with Gasteiger partial charge in [-0.1, -0.05) is 0 Å². The molecule has 0 bridgehead atoms. The molecule has 1 aromatic rings. The van der Waals surface area contributed by atoms with Crippen LogP contribution in [0.5, 0.6) is 11.5 Å². The molecule has 0 spiro atoms. The number of hydrogen-bond donors (Lipinski definition) is 1. The summed E-state index contributed by atoms with van der Waals surface area (Å²) in [4.78, 5) is 0. The fourth-order valence-electron chi connectivity index (χ4n) is 1.40. The second-order valence-corrected chi connectivity index (χ2v) is 3.02. The van der Waals surface area contributed by atoms with E-state index in [1.54, 1.807) is 7.11 Å². The van der Waals surface area contributed by atoms with Gasteiger partial charge in [0, 0.05) is 7.05 Å². The van der Waals surface area contributed by atoms with Crippen LogP contribution in [0.25, 0.3) is 0 Å². The van der Waals surface area contributed by atoms with E-state index in [0.717, 1.165) is 22.7 Å². The Hall–Kier alpha value is -1.38. The fourth-order valence-corrected chi connectivity index (χ4v) is 1.40. The van der Waals surface area contributed by atoms with Gasteiger partial charge in [0.2, 0.25) is 0 Å². The molecule has 0 aliphatic carbocycles. The Balaban J connectivity index is 3.17. The third-order valence-corrected chi connectivity index (χ3v) is 1.98. The van der Waals surface area contributed by atoms with E-state index in [4.69, 9.17) is 9.47 Å². The summed E-state index contributed by atoms with van der Waals surface area (Å²) in [5.41, 5.74) is 2.03. The molecule has 0 aliphatic heterocycles. The van der Waals surface area contributed by atoms with Crippen molar-refractivity contribution in [2.75, 3.05) is 26.1 Å². The van der Waals surface area contributed by atoms with Crippen LogP contribution >= 0.6 is 0 Å². The van der Waals surface area contributed by atoms with Gasteiger partial charge in [0.1, 0.15) is 17.2 Å². The molecule has 78 valence electrons. The molecule has 0 fully saturated rings. The van der Waals surface area contributed by atoms with Crippen LogP contribution < -0.4 is 14.8 Å². The Bertz CT molecular complexity index is 310. The first-order valence-corrected chi connectivity index (χ1v) is 4.72. The molecule has 14 heavy (non-hydrogen) atoms. The van der Waals surface area contributed by atoms with Crippen LogP contribution in [0.3, 0.4) is 0 Å². The third kappa shape index (κ3) is 2.10. The zero-order valence-electron chi connectivity index (χ0n) is 9.18. The average Bonchev–Trinajstić information content (AvgIpc) is 2.17. The molecule has 3 heteroatoms. The summed E-state index contributed by atoms with van der Waals surface area (Å²) in [5, 5.41) is 3.08. The van der Waals surface area contributed by atoms with Crippen LogP contribution in [0, 0.1) is 6.92 Å². The van der Waals surface area contributed by atoms with E-state index >= 15 is 0 Å². The first-order valence-electron chi connectivity index (χ1n) is 4.72. The molecule has 3 nitrogen and oxygen atoms in total. The van der Waals surface area contributed by atoms with Crippen molar-refractivity contribution in [1.29, 1.82) is 0 Å². The van der Waals surface area contributed by atoms with Crippen LogP contribution in [-0.2, 0) is 0 Å². The molecule has 0 aromatic heterocycles. The van der Waals surface area contributed by atoms with Gasteiger partial charge in [-0.25, -0.2) is 0 Å². The predicted octanol–water partition coefficient (Wildman–Crippen LogP) is 2.44. The van der Waals surface area contributed by atoms with Crippen molar-refractivity contribution in [3.8, 4) is 11.5 Å². The van der Waals surface area contributed by atoms with Gasteiger partial charge in [-0.2, -0.15) is 0 Å². The summed E-state index contributed by atoms with van der Waals surface area (Å²) in [6, 6.07) is 3.98. The molecule has 0 heterocycles. The number of ether oxygens (including phenoxy) is 2. The van der Waals surface area contributed by atoms with E-state index in [-0.39, 0.29) is 0 Å². The Morgan fingerprint density at radius 3 is 2.43 bits per heavy atom. The van der Waals surface area contributed by atoms with Crippen LogP contribution in [0.2, 0.25) is 0 Å². The zero-order chi connectivity index (χ0) is 10.6. The number of aryl methyl sites for hydroxylation is 1. The van der Waals surface area contributed by atoms with E-state index in [9.17, 15) is 0 Å². The van der Waals surface area contributed by atoms with Gasteiger partial charge < -0.3 is 14.8 Å². The van der Waals surface area contributed by atoms with Gasteiger partial charge in [-0.3, -0.25) is 0 Å². The normalized spacial score (nSPS) is 9.71. The molecule has 0 unspecified atom stereocenters. The monoisotopic (exact) mass is 195 g/mol. The molecular formula is C11H17NO2. The Kier molecular flexibility index (Phi) is 3.63. The molecular weight excluding hydrogens is 178 g/mol. The summed E-state index contributed by atoms with van der Waals surface area (Å²) in [7, 11) is 3.51. The van der Waals surface area contributed by atoms with Crippen molar-refractivity contribution in [2.24, 2.45) is 0 Å². The molecule has 0 atom stereocenters. The summed E-state index contributed by atoms with van der Waals surface area (Å²) in [6.07, 6.45) is 0. The molecule has 0 saturated carbocycles. The maximum absolute atomic E-state index is 5.51. The minimum atomic E-state index is 0.654. The molecule has 0 aliphatic rings. The van der Waals surface area contributed by atoms with Crippen molar-refractivity contribution in [3.63, 3.8) is 0 Å². The second kappa shape index (κ2) is 4.74. The van der Waals surface area contributed by atoms with E-state index in [2.05, 4.69) is 5.32 Å². The summed E-state index contributed by atoms with van der Waals surface area (Å²) < 4.78 is 10.8. The SMILES string of the molecule is CCOc1cc(C)cc(OC)c1NC. The minimum Gasteiger partial charge on any atom is -0.494 e. The number of anilines is 1. The van der Waals surface area contributed by atoms with Crippen molar-refractivity contribution in [2.45, 2.75) is 13.8 Å². The highest BCUT2D eigenvalue weighted by molar-refractivity contribution is 5.67. The van der Waals surface area contributed by atoms with Gasteiger partial charge in [0.05, 0.1) is 13.7 Å². The number of methoxy groups -OCH3 is 1. The van der Waals surface area contributed by atoms with Crippen molar-refractivity contribution >= 4 is 5.69 Å². The van der Waals surface area contributed by atoms with Gasteiger partial charge in [-0.15, -0.1) is 0 Å². The van der Waals surface area contributed by atoms with Crippen LogP contribution in [-0.4, -0.2) is 20.8 Å². The number of benzene rings is 1. The molecule has 0 radical (unpaired) electrons. The summed E-state index contributed by atoms with van der Waals surface area (Å²) >= 11 is 0. The molecule has 0 amide bonds. The number of rotatable bonds is 4. The highest BCUT2D eigenvalue weighted by atomic mass is 16.5. The third-order valence-electron chi connectivity index (χ3n) is 1.98. The predicted molar refractivity (Wildman–Crippen MR) is 58.4 cm³/mol.